The van der Waals surface area contributed by atoms with Crippen LogP contribution in [-0.4, -0.2) is 44.0 Å². The lowest BCUT2D eigenvalue weighted by atomic mass is 9.85. The summed E-state index contributed by atoms with van der Waals surface area (Å²) < 4.78 is 0. The van der Waals surface area contributed by atoms with Crippen LogP contribution in [0.3, 0.4) is 0 Å². The molecule has 1 fully saturated rings. The highest BCUT2D eigenvalue weighted by Gasteiger charge is 2.23. The maximum absolute atomic E-state index is 11.4. The molecule has 24 heavy (non-hydrogen) atoms. The number of carbonyl (C=O) groups excluding carboxylic acids is 1. The van der Waals surface area contributed by atoms with Crippen LogP contribution in [0, 0.1) is 11.3 Å². The van der Waals surface area contributed by atoms with Crippen LogP contribution < -0.4 is 10.2 Å². The van der Waals surface area contributed by atoms with Crippen molar-refractivity contribution < 1.29 is 4.79 Å². The SMILES string of the molecule is CC.CC(=O)Nc1cc(N2CCN(C)CC2)cc(C(C)(C)C#N)c1. The summed E-state index contributed by atoms with van der Waals surface area (Å²) >= 11 is 0. The summed E-state index contributed by atoms with van der Waals surface area (Å²) in [6.45, 7) is 13.2. The summed E-state index contributed by atoms with van der Waals surface area (Å²) in [5.74, 6) is -0.101. The van der Waals surface area contributed by atoms with Gasteiger partial charge < -0.3 is 15.1 Å². The molecule has 0 radical (unpaired) electrons. The molecule has 1 aromatic rings. The molecule has 0 aromatic heterocycles. The molecule has 0 bridgehead atoms. The van der Waals surface area contributed by atoms with Gasteiger partial charge in [-0.3, -0.25) is 4.79 Å². The van der Waals surface area contributed by atoms with Crippen molar-refractivity contribution in [2.75, 3.05) is 43.4 Å². The van der Waals surface area contributed by atoms with Gasteiger partial charge in [0.2, 0.25) is 5.91 Å². The predicted molar refractivity (Wildman–Crippen MR) is 100 cm³/mol. The van der Waals surface area contributed by atoms with E-state index in [4.69, 9.17) is 0 Å². The van der Waals surface area contributed by atoms with Crippen LogP contribution in [0.25, 0.3) is 0 Å². The average molecular weight is 330 g/mol. The first-order valence-electron chi connectivity index (χ1n) is 8.60. The van der Waals surface area contributed by atoms with Crippen molar-refractivity contribution in [2.24, 2.45) is 0 Å². The molecule has 0 aliphatic carbocycles. The van der Waals surface area contributed by atoms with Crippen molar-refractivity contribution in [1.82, 2.24) is 4.90 Å². The van der Waals surface area contributed by atoms with E-state index in [1.807, 2.05) is 39.8 Å². The number of hydrogen-bond acceptors (Lipinski definition) is 4. The van der Waals surface area contributed by atoms with E-state index in [-0.39, 0.29) is 5.91 Å². The zero-order chi connectivity index (χ0) is 18.3. The van der Waals surface area contributed by atoms with Gasteiger partial charge in [0.05, 0.1) is 11.5 Å². The number of nitrogens with one attached hydrogen (secondary N) is 1. The van der Waals surface area contributed by atoms with Crippen LogP contribution in [0.4, 0.5) is 11.4 Å². The van der Waals surface area contributed by atoms with E-state index in [1.54, 1.807) is 0 Å². The van der Waals surface area contributed by atoms with Gasteiger partial charge in [0.25, 0.3) is 0 Å². The fourth-order valence-electron chi connectivity index (χ4n) is 2.56. The number of amides is 1. The van der Waals surface area contributed by atoms with E-state index in [0.29, 0.717) is 0 Å². The molecule has 1 heterocycles. The molecule has 0 unspecified atom stereocenters. The van der Waals surface area contributed by atoms with Crippen LogP contribution in [-0.2, 0) is 10.2 Å². The minimum absolute atomic E-state index is 0.101. The molecule has 5 nitrogen and oxygen atoms in total. The third kappa shape index (κ3) is 5.24. The number of nitrogens with zero attached hydrogens (tertiary/aromatic N) is 3. The Labute approximate surface area is 146 Å². The number of hydrogen-bond donors (Lipinski definition) is 1. The third-order valence-corrected chi connectivity index (χ3v) is 4.11. The summed E-state index contributed by atoms with van der Waals surface area (Å²) in [4.78, 5) is 16.0. The first-order chi connectivity index (χ1) is 11.3. The highest BCUT2D eigenvalue weighted by molar-refractivity contribution is 5.89. The van der Waals surface area contributed by atoms with Crippen LogP contribution >= 0.6 is 0 Å². The van der Waals surface area contributed by atoms with Gasteiger partial charge in [-0.05, 0) is 44.7 Å². The van der Waals surface area contributed by atoms with Crippen molar-refractivity contribution in [2.45, 2.75) is 40.0 Å². The molecule has 1 amide bonds. The predicted octanol–water partition coefficient (Wildman–Crippen LogP) is 3.22. The molecule has 0 atom stereocenters. The number of anilines is 2. The number of benzene rings is 1. The quantitative estimate of drug-likeness (QED) is 0.924. The van der Waals surface area contributed by atoms with Gasteiger partial charge in [0.15, 0.2) is 0 Å². The maximum atomic E-state index is 11.4. The number of piperazine rings is 1. The number of likely N-dealkylation sites (N-methyl/N-ethyl adjacent to an activating group) is 1. The largest absolute Gasteiger partial charge is 0.369 e. The molecule has 0 saturated carbocycles. The molecule has 5 heteroatoms. The Kier molecular flexibility index (Phi) is 7.24. The summed E-state index contributed by atoms with van der Waals surface area (Å²) in [5.41, 5.74) is 2.16. The topological polar surface area (TPSA) is 59.4 Å². The van der Waals surface area contributed by atoms with E-state index in [9.17, 15) is 10.1 Å². The maximum Gasteiger partial charge on any atom is 0.221 e. The van der Waals surface area contributed by atoms with Crippen molar-refractivity contribution in [1.29, 1.82) is 5.26 Å². The molecule has 0 spiro atoms. The van der Waals surface area contributed by atoms with Gasteiger partial charge in [0.1, 0.15) is 0 Å². The summed E-state index contributed by atoms with van der Waals surface area (Å²) in [6, 6.07) is 8.29. The van der Waals surface area contributed by atoms with Gasteiger partial charge in [-0.1, -0.05) is 13.8 Å². The molecular formula is C19H30N4O. The highest BCUT2D eigenvalue weighted by atomic mass is 16.1. The van der Waals surface area contributed by atoms with E-state index in [2.05, 4.69) is 34.3 Å². The van der Waals surface area contributed by atoms with E-state index in [0.717, 1.165) is 43.1 Å². The summed E-state index contributed by atoms with van der Waals surface area (Å²) in [6.07, 6.45) is 0. The Bertz CT molecular complexity index is 596. The minimum Gasteiger partial charge on any atom is -0.369 e. The smallest absolute Gasteiger partial charge is 0.221 e. The lowest BCUT2D eigenvalue weighted by Gasteiger charge is -2.35. The van der Waals surface area contributed by atoms with Gasteiger partial charge >= 0.3 is 0 Å². The zero-order valence-corrected chi connectivity index (χ0v) is 15.8. The van der Waals surface area contributed by atoms with E-state index < -0.39 is 5.41 Å². The van der Waals surface area contributed by atoms with E-state index >= 15 is 0 Å². The Hall–Kier alpha value is -2.06. The third-order valence-electron chi connectivity index (χ3n) is 4.11. The first-order valence-corrected chi connectivity index (χ1v) is 8.60. The van der Waals surface area contributed by atoms with Crippen molar-refractivity contribution in [3.63, 3.8) is 0 Å². The minimum atomic E-state index is -0.587. The number of rotatable bonds is 3. The molecule has 132 valence electrons. The van der Waals surface area contributed by atoms with Crippen LogP contribution in [0.15, 0.2) is 18.2 Å². The first kappa shape index (κ1) is 20.0. The van der Waals surface area contributed by atoms with Gasteiger partial charge in [-0.15, -0.1) is 0 Å². The lowest BCUT2D eigenvalue weighted by Crippen LogP contribution is -2.44. The summed E-state index contributed by atoms with van der Waals surface area (Å²) in [5, 5.41) is 12.2. The van der Waals surface area contributed by atoms with Crippen molar-refractivity contribution in [3.8, 4) is 6.07 Å². The molecule has 2 rings (SSSR count). The fraction of sp³-hybridized carbons (Fsp3) is 0.579. The van der Waals surface area contributed by atoms with Crippen LogP contribution in [0.1, 0.15) is 40.2 Å². The van der Waals surface area contributed by atoms with Crippen LogP contribution in [0.2, 0.25) is 0 Å². The Morgan fingerprint density at radius 3 is 2.25 bits per heavy atom. The molecule has 1 aromatic carbocycles. The molecule has 1 saturated heterocycles. The van der Waals surface area contributed by atoms with Crippen LogP contribution in [0.5, 0.6) is 0 Å². The Balaban J connectivity index is 0.00000139. The second-order valence-electron chi connectivity index (χ2n) is 6.48. The van der Waals surface area contributed by atoms with Crippen molar-refractivity contribution in [3.05, 3.63) is 23.8 Å². The van der Waals surface area contributed by atoms with E-state index in [1.165, 1.54) is 6.92 Å². The molecule has 1 N–H and O–H groups in total. The Morgan fingerprint density at radius 1 is 1.17 bits per heavy atom. The van der Waals surface area contributed by atoms with Crippen molar-refractivity contribution >= 4 is 17.3 Å². The molecule has 1 aliphatic rings. The average Bonchev–Trinajstić information content (AvgIpc) is 2.56. The van der Waals surface area contributed by atoms with Gasteiger partial charge in [-0.25, -0.2) is 0 Å². The summed E-state index contributed by atoms with van der Waals surface area (Å²) in [7, 11) is 2.12. The second-order valence-corrected chi connectivity index (χ2v) is 6.48. The second kappa shape index (κ2) is 8.70. The molecule has 1 aliphatic heterocycles. The molecular weight excluding hydrogens is 300 g/mol. The monoisotopic (exact) mass is 330 g/mol. The fourth-order valence-corrected chi connectivity index (χ4v) is 2.56. The lowest BCUT2D eigenvalue weighted by molar-refractivity contribution is -0.114. The highest BCUT2D eigenvalue weighted by Crippen LogP contribution is 2.31. The normalized spacial score (nSPS) is 15.1. The number of nitriles is 1. The van der Waals surface area contributed by atoms with Gasteiger partial charge in [-0.2, -0.15) is 5.26 Å². The van der Waals surface area contributed by atoms with Gasteiger partial charge in [0, 0.05) is 44.5 Å². The number of carbonyl (C=O) groups is 1. The Morgan fingerprint density at radius 2 is 1.75 bits per heavy atom. The standard InChI is InChI=1S/C17H24N4O.C2H6/c1-13(22)19-15-9-14(17(2,3)12-18)10-16(11-15)21-7-5-20(4)6-8-21;1-2/h9-11H,5-8H2,1-4H3,(H,19,22);1-2H3. The zero-order valence-electron chi connectivity index (χ0n) is 15.8.